The molecule has 0 saturated heterocycles. The van der Waals surface area contributed by atoms with Crippen molar-refractivity contribution >= 4 is 5.82 Å². The lowest BCUT2D eigenvalue weighted by molar-refractivity contribution is 0.413. The summed E-state index contributed by atoms with van der Waals surface area (Å²) >= 11 is 0. The third kappa shape index (κ3) is 1.37. The average Bonchev–Trinajstić information content (AvgIpc) is 2.70. The average molecular weight is 191 g/mol. The summed E-state index contributed by atoms with van der Waals surface area (Å²) in [5.74, 6) is 1.31. The van der Waals surface area contributed by atoms with Crippen LogP contribution in [0, 0.1) is 0 Å². The van der Waals surface area contributed by atoms with Crippen LogP contribution >= 0.6 is 0 Å². The number of aromatic amines is 1. The molecule has 0 aliphatic rings. The van der Waals surface area contributed by atoms with Gasteiger partial charge in [-0.3, -0.25) is 5.10 Å². The zero-order valence-electron chi connectivity index (χ0n) is 7.56. The van der Waals surface area contributed by atoms with Crippen molar-refractivity contribution in [3.63, 3.8) is 0 Å². The third-order valence-electron chi connectivity index (χ3n) is 1.76. The highest BCUT2D eigenvalue weighted by Crippen LogP contribution is 2.20. The number of nitrogens with one attached hydrogen (secondary N) is 1. The summed E-state index contributed by atoms with van der Waals surface area (Å²) in [5.41, 5.74) is 6.42. The summed E-state index contributed by atoms with van der Waals surface area (Å²) in [6, 6.07) is 0. The Labute approximate surface area is 80.1 Å². The molecule has 6 nitrogen and oxygen atoms in total. The van der Waals surface area contributed by atoms with E-state index in [1.54, 1.807) is 12.4 Å². The first-order valence-electron chi connectivity index (χ1n) is 3.97. The normalized spacial score (nSPS) is 10.1. The Morgan fingerprint density at radius 3 is 2.86 bits per heavy atom. The number of nitrogens with zero attached hydrogens (tertiary/aromatic N) is 3. The molecule has 0 atom stereocenters. The van der Waals surface area contributed by atoms with Crippen LogP contribution in [0.5, 0.6) is 5.75 Å². The zero-order chi connectivity index (χ0) is 9.97. The van der Waals surface area contributed by atoms with Crippen molar-refractivity contribution in [2.24, 2.45) is 0 Å². The van der Waals surface area contributed by atoms with Gasteiger partial charge in [-0.15, -0.1) is 0 Å². The molecule has 2 rings (SSSR count). The number of nitrogens with two attached hydrogens (primary N) is 1. The molecule has 2 aromatic rings. The smallest absolute Gasteiger partial charge is 0.179 e. The van der Waals surface area contributed by atoms with E-state index < -0.39 is 0 Å². The lowest BCUT2D eigenvalue weighted by Crippen LogP contribution is -1.98. The van der Waals surface area contributed by atoms with E-state index >= 15 is 0 Å². The molecule has 0 fully saturated rings. The van der Waals surface area contributed by atoms with Crippen LogP contribution < -0.4 is 10.5 Å². The van der Waals surface area contributed by atoms with Crippen LogP contribution in [0.25, 0.3) is 11.4 Å². The number of H-pyrrole nitrogens is 1. The highest BCUT2D eigenvalue weighted by molar-refractivity contribution is 5.56. The van der Waals surface area contributed by atoms with Gasteiger partial charge in [0.25, 0.3) is 0 Å². The number of aromatic nitrogens is 4. The second kappa shape index (κ2) is 3.33. The van der Waals surface area contributed by atoms with E-state index in [1.807, 2.05) is 0 Å². The second-order valence-electron chi connectivity index (χ2n) is 2.63. The summed E-state index contributed by atoms with van der Waals surface area (Å²) in [7, 11) is 1.52. The van der Waals surface area contributed by atoms with Crippen molar-refractivity contribution in [3.05, 3.63) is 18.6 Å². The van der Waals surface area contributed by atoms with Gasteiger partial charge in [-0.2, -0.15) is 5.10 Å². The van der Waals surface area contributed by atoms with Gasteiger partial charge in [0.05, 0.1) is 25.1 Å². The molecule has 0 spiro atoms. The summed E-state index contributed by atoms with van der Waals surface area (Å²) < 4.78 is 4.94. The van der Waals surface area contributed by atoms with E-state index in [2.05, 4.69) is 20.2 Å². The summed E-state index contributed by atoms with van der Waals surface area (Å²) in [5, 5.41) is 6.47. The molecule has 0 aliphatic heterocycles. The molecule has 3 N–H and O–H groups in total. The van der Waals surface area contributed by atoms with Gasteiger partial charge in [0.2, 0.25) is 0 Å². The lowest BCUT2D eigenvalue weighted by atomic mass is 10.3. The second-order valence-corrected chi connectivity index (χ2v) is 2.63. The molecule has 0 aromatic carbocycles. The number of methoxy groups -OCH3 is 1. The van der Waals surface area contributed by atoms with E-state index in [1.165, 1.54) is 13.3 Å². The number of ether oxygens (including phenoxy) is 1. The fourth-order valence-electron chi connectivity index (χ4n) is 1.05. The number of hydrogen-bond donors (Lipinski definition) is 2. The molecular weight excluding hydrogens is 182 g/mol. The van der Waals surface area contributed by atoms with Gasteiger partial charge in [0, 0.05) is 6.20 Å². The van der Waals surface area contributed by atoms with Crippen LogP contribution in [0.4, 0.5) is 5.82 Å². The Kier molecular flexibility index (Phi) is 2.02. The van der Waals surface area contributed by atoms with Crippen molar-refractivity contribution in [3.8, 4) is 17.1 Å². The molecule has 0 amide bonds. The molecule has 0 radical (unpaired) electrons. The first kappa shape index (κ1) is 8.49. The minimum atomic E-state index is 0.318. The molecule has 0 saturated carbocycles. The van der Waals surface area contributed by atoms with Crippen molar-refractivity contribution in [2.45, 2.75) is 0 Å². The van der Waals surface area contributed by atoms with Crippen LogP contribution in [0.2, 0.25) is 0 Å². The lowest BCUT2D eigenvalue weighted by Gasteiger charge is -2.03. The maximum atomic E-state index is 5.63. The van der Waals surface area contributed by atoms with Gasteiger partial charge in [-0.05, 0) is 0 Å². The number of anilines is 1. The fourth-order valence-corrected chi connectivity index (χ4v) is 1.05. The highest BCUT2D eigenvalue weighted by Gasteiger charge is 2.06. The monoisotopic (exact) mass is 191 g/mol. The maximum Gasteiger partial charge on any atom is 0.179 e. The van der Waals surface area contributed by atoms with Gasteiger partial charge < -0.3 is 10.5 Å². The maximum absolute atomic E-state index is 5.63. The molecule has 0 unspecified atom stereocenters. The quantitative estimate of drug-likeness (QED) is 0.719. The van der Waals surface area contributed by atoms with Crippen molar-refractivity contribution in [1.82, 2.24) is 20.2 Å². The number of rotatable bonds is 2. The van der Waals surface area contributed by atoms with Crippen LogP contribution in [0.15, 0.2) is 18.6 Å². The van der Waals surface area contributed by atoms with Crippen LogP contribution in [-0.2, 0) is 0 Å². The predicted octanol–water partition coefficient (Wildman–Crippen LogP) is 0.457. The number of hydrogen-bond acceptors (Lipinski definition) is 5. The van der Waals surface area contributed by atoms with E-state index in [0.29, 0.717) is 17.4 Å². The van der Waals surface area contributed by atoms with Gasteiger partial charge in [0.15, 0.2) is 17.4 Å². The molecule has 2 heterocycles. The molecule has 0 aliphatic carbocycles. The Morgan fingerprint density at radius 2 is 2.29 bits per heavy atom. The van der Waals surface area contributed by atoms with E-state index in [4.69, 9.17) is 10.5 Å². The Bertz CT molecular complexity index is 425. The minimum Gasteiger partial charge on any atom is -0.491 e. The highest BCUT2D eigenvalue weighted by atomic mass is 16.5. The van der Waals surface area contributed by atoms with Gasteiger partial charge in [-0.25, -0.2) is 9.97 Å². The number of nitrogen functional groups attached to an aromatic ring is 1. The Morgan fingerprint density at radius 1 is 1.43 bits per heavy atom. The van der Waals surface area contributed by atoms with Crippen LogP contribution in [0.3, 0.4) is 0 Å². The van der Waals surface area contributed by atoms with Gasteiger partial charge in [-0.1, -0.05) is 0 Å². The molecular formula is C8H9N5O. The summed E-state index contributed by atoms with van der Waals surface area (Å²) in [6.45, 7) is 0. The van der Waals surface area contributed by atoms with E-state index in [-0.39, 0.29) is 0 Å². The predicted molar refractivity (Wildman–Crippen MR) is 50.6 cm³/mol. The van der Waals surface area contributed by atoms with Crippen molar-refractivity contribution in [2.75, 3.05) is 12.8 Å². The summed E-state index contributed by atoms with van der Waals surface area (Å²) in [6.07, 6.45) is 4.85. The fraction of sp³-hybridized carbons (Fsp3) is 0.125. The van der Waals surface area contributed by atoms with Gasteiger partial charge >= 0.3 is 0 Å². The van der Waals surface area contributed by atoms with E-state index in [0.717, 1.165) is 5.56 Å². The molecule has 72 valence electrons. The minimum absolute atomic E-state index is 0.318. The zero-order valence-corrected chi connectivity index (χ0v) is 7.56. The largest absolute Gasteiger partial charge is 0.491 e. The van der Waals surface area contributed by atoms with Gasteiger partial charge in [0.1, 0.15) is 0 Å². The third-order valence-corrected chi connectivity index (χ3v) is 1.76. The molecule has 0 bridgehead atoms. The first-order chi connectivity index (χ1) is 6.81. The SMILES string of the molecule is COc1cnc(-c2cn[nH]c2)nc1N. The van der Waals surface area contributed by atoms with Crippen LogP contribution in [0.1, 0.15) is 0 Å². The van der Waals surface area contributed by atoms with Crippen molar-refractivity contribution in [1.29, 1.82) is 0 Å². The molecule has 2 aromatic heterocycles. The van der Waals surface area contributed by atoms with Crippen molar-refractivity contribution < 1.29 is 4.74 Å². The topological polar surface area (TPSA) is 89.7 Å². The van der Waals surface area contributed by atoms with E-state index in [9.17, 15) is 0 Å². The molecule has 6 heteroatoms. The van der Waals surface area contributed by atoms with Crippen LogP contribution in [-0.4, -0.2) is 27.3 Å². The summed E-state index contributed by atoms with van der Waals surface area (Å²) in [4.78, 5) is 8.14. The molecule has 14 heavy (non-hydrogen) atoms. The Balaban J connectivity index is 2.43. The Hall–Kier alpha value is -2.11. The first-order valence-corrected chi connectivity index (χ1v) is 3.97. The standard InChI is InChI=1S/C8H9N5O/c1-14-6-4-10-8(13-7(6)9)5-2-11-12-3-5/h2-4H,1H3,(H,11,12)(H2,9,10,13).